The molecule has 104 valence electrons. The maximum atomic E-state index is 10.9. The molecular formula is C12H15ClN2O4. The molecule has 0 bridgehead atoms. The fraction of sp³-hybridized carbons (Fsp3) is 0.333. The molecule has 1 rings (SSSR count). The van der Waals surface area contributed by atoms with Gasteiger partial charge in [-0.2, -0.15) is 0 Å². The van der Waals surface area contributed by atoms with E-state index < -0.39 is 4.92 Å². The molecule has 0 saturated carbocycles. The molecule has 0 aliphatic rings. The molecule has 0 aromatic heterocycles. The molecule has 19 heavy (non-hydrogen) atoms. The van der Waals surface area contributed by atoms with Gasteiger partial charge in [-0.15, -0.1) is 0 Å². The standard InChI is InChI=1S/C12H15ClN2O4/c1-8(5-13)7-19-12-4-10(15(16)17)9(6-14)3-11(12)18-2/h3-5H,6-7,14H2,1-2H3/b8-5+. The van der Waals surface area contributed by atoms with E-state index in [0.717, 1.165) is 5.57 Å². The second-order valence-corrected chi connectivity index (χ2v) is 4.06. The number of hydrogen-bond acceptors (Lipinski definition) is 5. The first-order valence-corrected chi connectivity index (χ1v) is 5.91. The van der Waals surface area contributed by atoms with Crippen molar-refractivity contribution in [3.05, 3.63) is 38.9 Å². The average molecular weight is 287 g/mol. The number of halogens is 1. The number of ether oxygens (including phenoxy) is 2. The van der Waals surface area contributed by atoms with E-state index in [9.17, 15) is 10.1 Å². The summed E-state index contributed by atoms with van der Waals surface area (Å²) in [5, 5.41) is 10.9. The molecule has 0 atom stereocenters. The number of nitro benzene ring substituents is 1. The van der Waals surface area contributed by atoms with Gasteiger partial charge in [-0.25, -0.2) is 0 Å². The van der Waals surface area contributed by atoms with Crippen molar-refractivity contribution in [2.24, 2.45) is 5.73 Å². The number of nitrogens with two attached hydrogens (primary N) is 1. The van der Waals surface area contributed by atoms with Crippen molar-refractivity contribution in [2.45, 2.75) is 13.5 Å². The topological polar surface area (TPSA) is 87.6 Å². The van der Waals surface area contributed by atoms with Crippen LogP contribution in [0, 0.1) is 10.1 Å². The van der Waals surface area contributed by atoms with E-state index in [-0.39, 0.29) is 24.6 Å². The van der Waals surface area contributed by atoms with Gasteiger partial charge in [-0.1, -0.05) is 11.6 Å². The molecule has 0 spiro atoms. The molecule has 0 aliphatic heterocycles. The van der Waals surface area contributed by atoms with Gasteiger partial charge < -0.3 is 15.2 Å². The van der Waals surface area contributed by atoms with E-state index in [4.69, 9.17) is 26.8 Å². The summed E-state index contributed by atoms with van der Waals surface area (Å²) in [4.78, 5) is 10.4. The lowest BCUT2D eigenvalue weighted by Gasteiger charge is -2.12. The molecule has 6 nitrogen and oxygen atoms in total. The molecule has 0 fully saturated rings. The monoisotopic (exact) mass is 286 g/mol. The highest BCUT2D eigenvalue weighted by Gasteiger charge is 2.18. The van der Waals surface area contributed by atoms with Gasteiger partial charge in [0.15, 0.2) is 11.5 Å². The highest BCUT2D eigenvalue weighted by Crippen LogP contribution is 2.34. The number of hydrogen-bond donors (Lipinski definition) is 1. The number of benzene rings is 1. The van der Waals surface area contributed by atoms with Crippen molar-refractivity contribution in [3.8, 4) is 11.5 Å². The van der Waals surface area contributed by atoms with Gasteiger partial charge in [0.2, 0.25) is 0 Å². The second kappa shape index (κ2) is 6.96. The fourth-order valence-corrected chi connectivity index (χ4v) is 1.48. The summed E-state index contributed by atoms with van der Waals surface area (Å²) in [5.74, 6) is 0.678. The predicted molar refractivity (Wildman–Crippen MR) is 72.6 cm³/mol. The first-order valence-electron chi connectivity index (χ1n) is 5.47. The smallest absolute Gasteiger partial charge is 0.277 e. The Hall–Kier alpha value is -1.79. The van der Waals surface area contributed by atoms with Crippen molar-refractivity contribution >= 4 is 17.3 Å². The molecule has 0 unspecified atom stereocenters. The maximum Gasteiger partial charge on any atom is 0.277 e. The Bertz CT molecular complexity index is 503. The van der Waals surface area contributed by atoms with Crippen LogP contribution in [-0.2, 0) is 6.54 Å². The van der Waals surface area contributed by atoms with Crippen molar-refractivity contribution in [1.29, 1.82) is 0 Å². The molecule has 1 aromatic rings. The van der Waals surface area contributed by atoms with Crippen molar-refractivity contribution in [3.63, 3.8) is 0 Å². The quantitative estimate of drug-likeness (QED) is 0.641. The lowest BCUT2D eigenvalue weighted by Crippen LogP contribution is -2.05. The van der Waals surface area contributed by atoms with E-state index in [0.29, 0.717) is 11.3 Å². The summed E-state index contributed by atoms with van der Waals surface area (Å²) in [7, 11) is 1.46. The van der Waals surface area contributed by atoms with Gasteiger partial charge in [0.25, 0.3) is 5.69 Å². The van der Waals surface area contributed by atoms with Crippen molar-refractivity contribution < 1.29 is 14.4 Å². The van der Waals surface area contributed by atoms with Crippen LogP contribution in [0.15, 0.2) is 23.2 Å². The van der Waals surface area contributed by atoms with Crippen LogP contribution < -0.4 is 15.2 Å². The molecule has 1 aromatic carbocycles. The summed E-state index contributed by atoms with van der Waals surface area (Å²) in [6, 6.07) is 2.82. The zero-order chi connectivity index (χ0) is 14.4. The van der Waals surface area contributed by atoms with Crippen LogP contribution in [0.4, 0.5) is 5.69 Å². The van der Waals surface area contributed by atoms with E-state index in [2.05, 4.69) is 0 Å². The van der Waals surface area contributed by atoms with Crippen LogP contribution in [0.2, 0.25) is 0 Å². The Kier molecular flexibility index (Phi) is 5.59. The average Bonchev–Trinajstić information content (AvgIpc) is 2.43. The van der Waals surface area contributed by atoms with Gasteiger partial charge in [0, 0.05) is 17.6 Å². The largest absolute Gasteiger partial charge is 0.493 e. The van der Waals surface area contributed by atoms with Gasteiger partial charge in [-0.05, 0) is 18.6 Å². The highest BCUT2D eigenvalue weighted by molar-refractivity contribution is 6.25. The summed E-state index contributed by atoms with van der Waals surface area (Å²) in [6.07, 6.45) is 0. The molecular weight excluding hydrogens is 272 g/mol. The third-order valence-corrected chi connectivity index (χ3v) is 2.80. The molecule has 0 aliphatic carbocycles. The number of methoxy groups -OCH3 is 1. The Morgan fingerprint density at radius 2 is 2.21 bits per heavy atom. The molecule has 0 amide bonds. The van der Waals surface area contributed by atoms with E-state index >= 15 is 0 Å². The lowest BCUT2D eigenvalue weighted by molar-refractivity contribution is -0.385. The molecule has 0 heterocycles. The molecule has 2 N–H and O–H groups in total. The first kappa shape index (κ1) is 15.3. The van der Waals surface area contributed by atoms with Crippen LogP contribution in [0.25, 0.3) is 0 Å². The van der Waals surface area contributed by atoms with Crippen LogP contribution in [0.5, 0.6) is 11.5 Å². The number of nitrogens with zero attached hydrogens (tertiary/aromatic N) is 1. The zero-order valence-corrected chi connectivity index (χ0v) is 11.4. The summed E-state index contributed by atoms with van der Waals surface area (Å²) in [6.45, 7) is 2.05. The highest BCUT2D eigenvalue weighted by atomic mass is 35.5. The second-order valence-electron chi connectivity index (χ2n) is 3.84. The third-order valence-electron chi connectivity index (χ3n) is 2.42. The van der Waals surface area contributed by atoms with Crippen LogP contribution in [-0.4, -0.2) is 18.6 Å². The van der Waals surface area contributed by atoms with Crippen LogP contribution in [0.1, 0.15) is 12.5 Å². The summed E-state index contributed by atoms with van der Waals surface area (Å²) >= 11 is 5.52. The third kappa shape index (κ3) is 3.84. The van der Waals surface area contributed by atoms with Gasteiger partial charge in [0.1, 0.15) is 6.61 Å². The Balaban J connectivity index is 3.14. The molecule has 0 saturated heterocycles. The maximum absolute atomic E-state index is 10.9. The van der Waals surface area contributed by atoms with Crippen LogP contribution >= 0.6 is 11.6 Å². The van der Waals surface area contributed by atoms with Crippen molar-refractivity contribution in [1.82, 2.24) is 0 Å². The SMILES string of the molecule is COc1cc(CN)c([N+](=O)[O-])cc1OC/C(C)=C/Cl. The number of nitro groups is 1. The Morgan fingerprint density at radius 1 is 1.53 bits per heavy atom. The van der Waals surface area contributed by atoms with E-state index in [1.807, 2.05) is 0 Å². The van der Waals surface area contributed by atoms with E-state index in [1.165, 1.54) is 24.8 Å². The molecule has 0 radical (unpaired) electrons. The van der Waals surface area contributed by atoms with Crippen molar-refractivity contribution in [2.75, 3.05) is 13.7 Å². The minimum Gasteiger partial charge on any atom is -0.493 e. The predicted octanol–water partition coefficient (Wildman–Crippen LogP) is 2.58. The first-order chi connectivity index (χ1) is 9.03. The number of rotatable bonds is 6. The van der Waals surface area contributed by atoms with Crippen LogP contribution in [0.3, 0.4) is 0 Å². The summed E-state index contributed by atoms with van der Waals surface area (Å²) in [5.41, 5.74) is 7.94. The minimum atomic E-state index is -0.501. The minimum absolute atomic E-state index is 0.0492. The summed E-state index contributed by atoms with van der Waals surface area (Å²) < 4.78 is 10.6. The van der Waals surface area contributed by atoms with E-state index in [1.54, 1.807) is 6.92 Å². The zero-order valence-electron chi connectivity index (χ0n) is 10.7. The van der Waals surface area contributed by atoms with Gasteiger partial charge >= 0.3 is 0 Å². The van der Waals surface area contributed by atoms with Gasteiger partial charge in [-0.3, -0.25) is 10.1 Å². The molecule has 7 heteroatoms. The normalized spacial score (nSPS) is 11.3. The fourth-order valence-electron chi connectivity index (χ4n) is 1.42. The Labute approximate surface area is 115 Å². The van der Waals surface area contributed by atoms with Gasteiger partial charge in [0.05, 0.1) is 18.1 Å². The lowest BCUT2D eigenvalue weighted by atomic mass is 10.1. The Morgan fingerprint density at radius 3 is 2.68 bits per heavy atom.